The lowest BCUT2D eigenvalue weighted by molar-refractivity contribution is 0.144. The van der Waals surface area contributed by atoms with Crippen LogP contribution in [0.3, 0.4) is 0 Å². The number of nitrogens with zero attached hydrogens (tertiary/aromatic N) is 4. The third kappa shape index (κ3) is 6.77. The predicted octanol–water partition coefficient (Wildman–Crippen LogP) is 7.13. The first kappa shape index (κ1) is 27.0. The standard InChI is InChI=1S/C21H22F2N4O.C7H9F/c1-13-7-8-15-11-16(14-5-3-2-4-6-14)21(28)27(20(15)26-13)12-17-18(19(22)23)25-10-9-24-17;1-4-6(2)5-7(3)8/h7-11,14,19H,2-6,12H2,1H3;4-5H,1,3H2,2H3/b;6-5-. The first-order chi connectivity index (χ1) is 17.2. The fourth-order valence-electron chi connectivity index (χ4n) is 4.35. The van der Waals surface area contributed by atoms with E-state index in [1.165, 1.54) is 29.5 Å². The van der Waals surface area contributed by atoms with Gasteiger partial charge in [0.25, 0.3) is 12.0 Å². The maximum absolute atomic E-state index is 13.4. The molecule has 3 aromatic heterocycles. The van der Waals surface area contributed by atoms with E-state index in [4.69, 9.17) is 0 Å². The quantitative estimate of drug-likeness (QED) is 0.341. The van der Waals surface area contributed by atoms with Crippen LogP contribution in [0.1, 0.15) is 74.0 Å². The van der Waals surface area contributed by atoms with Crippen molar-refractivity contribution in [1.29, 1.82) is 0 Å². The number of alkyl halides is 2. The lowest BCUT2D eigenvalue weighted by atomic mass is 9.84. The molecule has 0 unspecified atom stereocenters. The Balaban J connectivity index is 0.000000392. The van der Waals surface area contributed by atoms with E-state index in [9.17, 15) is 18.0 Å². The average Bonchev–Trinajstić information content (AvgIpc) is 2.86. The lowest BCUT2D eigenvalue weighted by Gasteiger charge is -2.23. The van der Waals surface area contributed by atoms with Gasteiger partial charge in [0, 0.05) is 29.0 Å². The molecule has 3 aromatic rings. The second-order valence-electron chi connectivity index (χ2n) is 8.92. The van der Waals surface area contributed by atoms with E-state index in [1.807, 2.05) is 25.1 Å². The summed E-state index contributed by atoms with van der Waals surface area (Å²) in [5.41, 5.74) is 2.35. The Hall–Kier alpha value is -3.55. The number of rotatable bonds is 6. The number of fused-ring (bicyclic) bond motifs is 1. The molecule has 3 heterocycles. The molecule has 0 spiro atoms. The third-order valence-electron chi connectivity index (χ3n) is 6.18. The molecule has 0 radical (unpaired) electrons. The molecule has 8 heteroatoms. The molecule has 4 rings (SSSR count). The summed E-state index contributed by atoms with van der Waals surface area (Å²) in [6.45, 7) is 10.0. The van der Waals surface area contributed by atoms with E-state index in [2.05, 4.69) is 28.1 Å². The molecule has 190 valence electrons. The van der Waals surface area contributed by atoms with Gasteiger partial charge in [-0.05, 0) is 62.5 Å². The number of hydrogen-bond donors (Lipinski definition) is 0. The van der Waals surface area contributed by atoms with Gasteiger partial charge in [-0.1, -0.05) is 38.5 Å². The molecule has 0 aliphatic heterocycles. The van der Waals surface area contributed by atoms with Crippen LogP contribution < -0.4 is 5.56 Å². The van der Waals surface area contributed by atoms with Crippen molar-refractivity contribution in [2.45, 2.75) is 64.8 Å². The minimum atomic E-state index is -2.75. The predicted molar refractivity (Wildman–Crippen MR) is 137 cm³/mol. The van der Waals surface area contributed by atoms with Crippen LogP contribution in [0, 0.1) is 6.92 Å². The number of aryl methyl sites for hydroxylation is 1. The normalized spacial score (nSPS) is 14.4. The number of hydrogen-bond acceptors (Lipinski definition) is 4. The van der Waals surface area contributed by atoms with Crippen LogP contribution in [0.4, 0.5) is 13.2 Å². The molecule has 36 heavy (non-hydrogen) atoms. The van der Waals surface area contributed by atoms with Crippen molar-refractivity contribution in [3.63, 3.8) is 0 Å². The van der Waals surface area contributed by atoms with E-state index in [1.54, 1.807) is 13.0 Å². The van der Waals surface area contributed by atoms with Crippen molar-refractivity contribution in [2.24, 2.45) is 0 Å². The van der Waals surface area contributed by atoms with E-state index in [-0.39, 0.29) is 23.7 Å². The van der Waals surface area contributed by atoms with Crippen molar-refractivity contribution >= 4 is 11.0 Å². The summed E-state index contributed by atoms with van der Waals surface area (Å²) < 4.78 is 40.1. The van der Waals surface area contributed by atoms with Gasteiger partial charge < -0.3 is 0 Å². The van der Waals surface area contributed by atoms with Crippen LogP contribution in [0.2, 0.25) is 0 Å². The number of allylic oxidation sites excluding steroid dienone is 4. The highest BCUT2D eigenvalue weighted by Crippen LogP contribution is 2.32. The van der Waals surface area contributed by atoms with Gasteiger partial charge in [-0.3, -0.25) is 19.3 Å². The molecule has 1 aliphatic rings. The van der Waals surface area contributed by atoms with E-state index in [0.29, 0.717) is 5.65 Å². The van der Waals surface area contributed by atoms with Crippen molar-refractivity contribution < 1.29 is 13.2 Å². The monoisotopic (exact) mass is 496 g/mol. The molecule has 0 amide bonds. The molecule has 0 saturated heterocycles. The minimum Gasteiger partial charge on any atom is -0.286 e. The largest absolute Gasteiger partial charge is 0.286 e. The molecule has 0 aromatic carbocycles. The smallest absolute Gasteiger partial charge is 0.282 e. The van der Waals surface area contributed by atoms with Gasteiger partial charge >= 0.3 is 0 Å². The highest BCUT2D eigenvalue weighted by Gasteiger charge is 2.23. The highest BCUT2D eigenvalue weighted by atomic mass is 19.3. The van der Waals surface area contributed by atoms with Gasteiger partial charge in [0.15, 0.2) is 0 Å². The molecular weight excluding hydrogens is 465 g/mol. The maximum atomic E-state index is 13.4. The van der Waals surface area contributed by atoms with Crippen LogP contribution in [0.15, 0.2) is 72.1 Å². The van der Waals surface area contributed by atoms with Gasteiger partial charge in [-0.15, -0.1) is 0 Å². The Morgan fingerprint density at radius 3 is 2.50 bits per heavy atom. The van der Waals surface area contributed by atoms with E-state index < -0.39 is 17.9 Å². The Morgan fingerprint density at radius 1 is 1.19 bits per heavy atom. The molecule has 0 atom stereocenters. The zero-order valence-electron chi connectivity index (χ0n) is 20.7. The van der Waals surface area contributed by atoms with Crippen molar-refractivity contribution in [2.75, 3.05) is 0 Å². The molecule has 0 bridgehead atoms. The second kappa shape index (κ2) is 12.4. The van der Waals surface area contributed by atoms with E-state index in [0.717, 1.165) is 47.9 Å². The third-order valence-corrected chi connectivity index (χ3v) is 6.18. The topological polar surface area (TPSA) is 60.7 Å². The Labute approximate surface area is 209 Å². The highest BCUT2D eigenvalue weighted by molar-refractivity contribution is 5.76. The zero-order valence-corrected chi connectivity index (χ0v) is 20.7. The number of pyridine rings is 2. The maximum Gasteiger partial charge on any atom is 0.282 e. The molecule has 0 N–H and O–H groups in total. The summed E-state index contributed by atoms with van der Waals surface area (Å²) in [5, 5.41) is 0.841. The fraction of sp³-hybridized carbons (Fsp3) is 0.357. The summed E-state index contributed by atoms with van der Waals surface area (Å²) in [7, 11) is 0. The Kier molecular flexibility index (Phi) is 9.33. The Bertz CT molecular complexity index is 1320. The summed E-state index contributed by atoms with van der Waals surface area (Å²) in [4.78, 5) is 25.7. The summed E-state index contributed by atoms with van der Waals surface area (Å²) >= 11 is 0. The minimum absolute atomic E-state index is 0.0696. The molecule has 1 aliphatic carbocycles. The van der Waals surface area contributed by atoms with Crippen LogP contribution in [0.25, 0.3) is 11.0 Å². The molecule has 1 fully saturated rings. The first-order valence-corrected chi connectivity index (χ1v) is 12.0. The summed E-state index contributed by atoms with van der Waals surface area (Å²) in [6.07, 6.45) is 8.13. The van der Waals surface area contributed by atoms with Crippen LogP contribution in [-0.4, -0.2) is 19.5 Å². The van der Waals surface area contributed by atoms with Crippen LogP contribution >= 0.6 is 0 Å². The van der Waals surface area contributed by atoms with Gasteiger partial charge in [0.05, 0.1) is 12.2 Å². The van der Waals surface area contributed by atoms with E-state index >= 15 is 0 Å². The fourth-order valence-corrected chi connectivity index (χ4v) is 4.35. The van der Waals surface area contributed by atoms with Gasteiger partial charge in [-0.2, -0.15) is 0 Å². The van der Waals surface area contributed by atoms with Crippen LogP contribution in [0.5, 0.6) is 0 Å². The summed E-state index contributed by atoms with van der Waals surface area (Å²) in [6, 6.07) is 5.76. The van der Waals surface area contributed by atoms with Gasteiger partial charge in [0.2, 0.25) is 0 Å². The van der Waals surface area contributed by atoms with Crippen molar-refractivity contribution in [3.8, 4) is 0 Å². The van der Waals surface area contributed by atoms with Gasteiger partial charge in [-0.25, -0.2) is 18.2 Å². The zero-order chi connectivity index (χ0) is 26.2. The second-order valence-corrected chi connectivity index (χ2v) is 8.92. The van der Waals surface area contributed by atoms with Gasteiger partial charge in [0.1, 0.15) is 17.2 Å². The molecule has 1 saturated carbocycles. The molecular formula is C28H31F3N4O. The first-order valence-electron chi connectivity index (χ1n) is 12.0. The number of aromatic nitrogens is 4. The van der Waals surface area contributed by atoms with Crippen LogP contribution in [-0.2, 0) is 6.54 Å². The van der Waals surface area contributed by atoms with Crippen molar-refractivity contribution in [1.82, 2.24) is 19.5 Å². The summed E-state index contributed by atoms with van der Waals surface area (Å²) in [5.74, 6) is -0.225. The van der Waals surface area contributed by atoms with Crippen molar-refractivity contribution in [3.05, 3.63) is 100 Å². The average molecular weight is 497 g/mol. The lowest BCUT2D eigenvalue weighted by Crippen LogP contribution is -2.28. The molecule has 5 nitrogen and oxygen atoms in total. The Morgan fingerprint density at radius 2 is 1.89 bits per heavy atom. The number of halogens is 3. The SMILES string of the molecule is C=C/C(C)=C\C(=C)F.Cc1ccc2cc(C3CCCCC3)c(=O)n(Cc3nccnc3C(F)F)c2n1.